The summed E-state index contributed by atoms with van der Waals surface area (Å²) in [6.45, 7) is 2.30. The van der Waals surface area contributed by atoms with Crippen molar-refractivity contribution in [3.05, 3.63) is 18.7 Å². The molecule has 0 aliphatic rings. The molecule has 3 amide bonds. The second kappa shape index (κ2) is 7.14. The van der Waals surface area contributed by atoms with E-state index in [1.807, 2.05) is 0 Å². The first-order chi connectivity index (χ1) is 8.97. The predicted octanol–water partition coefficient (Wildman–Crippen LogP) is -0.0378. The fraction of sp³-hybridized carbons (Fsp3) is 0.455. The average molecular weight is 268 g/mol. The minimum absolute atomic E-state index is 0.193. The first kappa shape index (κ1) is 14.7. The van der Waals surface area contributed by atoms with Gasteiger partial charge in [-0.05, 0) is 6.92 Å². The van der Waals surface area contributed by atoms with Crippen LogP contribution in [-0.4, -0.2) is 38.6 Å². The molecule has 0 radical (unpaired) electrons. The summed E-state index contributed by atoms with van der Waals surface area (Å²) < 4.78 is 1.79. The topological polar surface area (TPSA) is 113 Å². The number of carboxylic acid groups (broad SMARTS) is 1. The number of carbonyl (C=O) groups is 3. The Labute approximate surface area is 109 Å². The van der Waals surface area contributed by atoms with Crippen LogP contribution < -0.4 is 10.6 Å². The van der Waals surface area contributed by atoms with Crippen molar-refractivity contribution >= 4 is 17.9 Å². The van der Waals surface area contributed by atoms with E-state index in [-0.39, 0.29) is 18.9 Å². The van der Waals surface area contributed by atoms with Crippen molar-refractivity contribution in [2.45, 2.75) is 32.4 Å². The molecule has 0 aromatic carbocycles. The maximum Gasteiger partial charge on any atom is 0.321 e. The number of amides is 3. The number of aliphatic carboxylic acids is 1. The molecule has 0 saturated heterocycles. The Kier molecular flexibility index (Phi) is 5.52. The van der Waals surface area contributed by atoms with Crippen molar-refractivity contribution in [2.24, 2.45) is 0 Å². The molecule has 1 rings (SSSR count). The van der Waals surface area contributed by atoms with E-state index in [1.54, 1.807) is 30.2 Å². The van der Waals surface area contributed by atoms with Crippen molar-refractivity contribution in [1.29, 1.82) is 0 Å². The Bertz CT molecular complexity index is 444. The van der Waals surface area contributed by atoms with Crippen LogP contribution in [0.3, 0.4) is 0 Å². The Morgan fingerprint density at radius 3 is 2.68 bits per heavy atom. The molecule has 104 valence electrons. The third-order valence-corrected chi connectivity index (χ3v) is 2.24. The van der Waals surface area contributed by atoms with Gasteiger partial charge in [-0.1, -0.05) is 0 Å². The van der Waals surface area contributed by atoms with Crippen LogP contribution in [0.1, 0.15) is 19.8 Å². The number of rotatable bonds is 6. The lowest BCUT2D eigenvalue weighted by Gasteiger charge is -2.14. The predicted molar refractivity (Wildman–Crippen MR) is 65.2 cm³/mol. The maximum atomic E-state index is 11.4. The van der Waals surface area contributed by atoms with Crippen molar-refractivity contribution < 1.29 is 19.5 Å². The highest BCUT2D eigenvalue weighted by Crippen LogP contribution is 1.92. The van der Waals surface area contributed by atoms with Crippen molar-refractivity contribution in [1.82, 2.24) is 20.2 Å². The van der Waals surface area contributed by atoms with Gasteiger partial charge in [0.15, 0.2) is 0 Å². The first-order valence-electron chi connectivity index (χ1n) is 5.75. The third kappa shape index (κ3) is 6.20. The summed E-state index contributed by atoms with van der Waals surface area (Å²) in [5.41, 5.74) is 0. The van der Waals surface area contributed by atoms with E-state index in [4.69, 9.17) is 5.11 Å². The minimum Gasteiger partial charge on any atom is -0.481 e. The number of imidazole rings is 1. The lowest BCUT2D eigenvalue weighted by atomic mass is 10.3. The Morgan fingerprint density at radius 1 is 1.37 bits per heavy atom. The summed E-state index contributed by atoms with van der Waals surface area (Å²) in [4.78, 5) is 36.8. The van der Waals surface area contributed by atoms with Gasteiger partial charge in [-0.25, -0.2) is 9.78 Å². The van der Waals surface area contributed by atoms with Gasteiger partial charge in [-0.3, -0.25) is 14.9 Å². The molecule has 1 aromatic rings. The van der Waals surface area contributed by atoms with Gasteiger partial charge in [0.1, 0.15) is 0 Å². The van der Waals surface area contributed by atoms with Crippen LogP contribution in [0.15, 0.2) is 18.7 Å². The first-order valence-corrected chi connectivity index (χ1v) is 5.75. The molecule has 0 fully saturated rings. The lowest BCUT2D eigenvalue weighted by Crippen LogP contribution is -2.44. The molecular formula is C11H16N4O4. The monoisotopic (exact) mass is 268 g/mol. The molecule has 1 atom stereocenters. The third-order valence-electron chi connectivity index (χ3n) is 2.24. The average Bonchev–Trinajstić information content (AvgIpc) is 2.78. The Balaban J connectivity index is 2.26. The van der Waals surface area contributed by atoms with Crippen molar-refractivity contribution in [3.63, 3.8) is 0 Å². The number of carbonyl (C=O) groups excluding carboxylic acids is 2. The standard InChI is InChI=1S/C11H16N4O4/c1-8(6-15-5-4-12-7-15)13-11(19)14-9(16)2-3-10(17)18/h4-5,7-8H,2-3,6H2,1H3,(H,17,18)(H2,13,14,16,19). The van der Waals surface area contributed by atoms with E-state index in [1.165, 1.54) is 0 Å². The molecule has 0 saturated carbocycles. The minimum atomic E-state index is -1.08. The van der Waals surface area contributed by atoms with Gasteiger partial charge < -0.3 is 15.0 Å². The zero-order valence-electron chi connectivity index (χ0n) is 10.5. The van der Waals surface area contributed by atoms with Gasteiger partial charge >= 0.3 is 12.0 Å². The fourth-order valence-corrected chi connectivity index (χ4v) is 1.43. The molecule has 1 heterocycles. The van der Waals surface area contributed by atoms with Gasteiger partial charge in [0, 0.05) is 31.4 Å². The van der Waals surface area contributed by atoms with E-state index >= 15 is 0 Å². The molecule has 1 aromatic heterocycles. The number of aromatic nitrogens is 2. The van der Waals surface area contributed by atoms with Crippen LogP contribution in [0.4, 0.5) is 4.79 Å². The number of imide groups is 1. The van der Waals surface area contributed by atoms with Crippen LogP contribution in [0, 0.1) is 0 Å². The Hall–Kier alpha value is -2.38. The summed E-state index contributed by atoms with van der Waals surface area (Å²) in [5.74, 6) is -1.70. The highest BCUT2D eigenvalue weighted by molar-refractivity contribution is 5.95. The normalized spacial score (nSPS) is 11.6. The molecule has 0 aliphatic heterocycles. The number of hydrogen-bond acceptors (Lipinski definition) is 4. The quantitative estimate of drug-likeness (QED) is 0.670. The van der Waals surface area contributed by atoms with Crippen LogP contribution in [0.2, 0.25) is 0 Å². The van der Waals surface area contributed by atoms with Gasteiger partial charge in [0.05, 0.1) is 12.7 Å². The Morgan fingerprint density at radius 2 is 2.11 bits per heavy atom. The smallest absolute Gasteiger partial charge is 0.321 e. The van der Waals surface area contributed by atoms with Crippen LogP contribution >= 0.6 is 0 Å². The molecule has 19 heavy (non-hydrogen) atoms. The highest BCUT2D eigenvalue weighted by Gasteiger charge is 2.12. The molecular weight excluding hydrogens is 252 g/mol. The molecule has 1 unspecified atom stereocenters. The number of nitrogens with one attached hydrogen (secondary N) is 2. The van der Waals surface area contributed by atoms with Crippen LogP contribution in [-0.2, 0) is 16.1 Å². The molecule has 3 N–H and O–H groups in total. The van der Waals surface area contributed by atoms with Gasteiger partial charge in [-0.2, -0.15) is 0 Å². The van der Waals surface area contributed by atoms with Crippen LogP contribution in [0.25, 0.3) is 0 Å². The molecule has 0 aliphatic carbocycles. The lowest BCUT2D eigenvalue weighted by molar-refractivity contribution is -0.138. The molecule has 0 bridgehead atoms. The van der Waals surface area contributed by atoms with E-state index in [0.29, 0.717) is 6.54 Å². The molecule has 8 nitrogen and oxygen atoms in total. The van der Waals surface area contributed by atoms with E-state index in [2.05, 4.69) is 15.6 Å². The summed E-state index contributed by atoms with van der Waals surface area (Å²) in [6.07, 6.45) is 4.48. The van der Waals surface area contributed by atoms with Gasteiger partial charge in [-0.15, -0.1) is 0 Å². The van der Waals surface area contributed by atoms with E-state index in [0.717, 1.165) is 0 Å². The zero-order valence-corrected chi connectivity index (χ0v) is 10.5. The van der Waals surface area contributed by atoms with Crippen molar-refractivity contribution in [3.8, 4) is 0 Å². The van der Waals surface area contributed by atoms with Crippen LogP contribution in [0.5, 0.6) is 0 Å². The molecule has 8 heteroatoms. The van der Waals surface area contributed by atoms with E-state index < -0.39 is 17.9 Å². The largest absolute Gasteiger partial charge is 0.481 e. The number of carboxylic acids is 1. The SMILES string of the molecule is CC(Cn1ccnc1)NC(=O)NC(=O)CCC(=O)O. The number of urea groups is 1. The maximum absolute atomic E-state index is 11.4. The van der Waals surface area contributed by atoms with Gasteiger partial charge in [0.2, 0.25) is 5.91 Å². The summed E-state index contributed by atoms with van der Waals surface area (Å²) in [5, 5.41) is 13.0. The zero-order chi connectivity index (χ0) is 14.3. The van der Waals surface area contributed by atoms with Crippen molar-refractivity contribution in [2.75, 3.05) is 0 Å². The number of hydrogen-bond donors (Lipinski definition) is 3. The second-order valence-corrected chi connectivity index (χ2v) is 4.08. The summed E-state index contributed by atoms with van der Waals surface area (Å²) >= 11 is 0. The summed E-state index contributed by atoms with van der Waals surface area (Å²) in [6, 6.07) is -0.829. The summed E-state index contributed by atoms with van der Waals surface area (Å²) in [7, 11) is 0. The van der Waals surface area contributed by atoms with Gasteiger partial charge in [0.25, 0.3) is 0 Å². The second-order valence-electron chi connectivity index (χ2n) is 4.08. The molecule has 0 spiro atoms. The van der Waals surface area contributed by atoms with E-state index in [9.17, 15) is 14.4 Å². The fourth-order valence-electron chi connectivity index (χ4n) is 1.43. The highest BCUT2D eigenvalue weighted by atomic mass is 16.4. The number of nitrogens with zero attached hydrogens (tertiary/aromatic N) is 2.